The lowest BCUT2D eigenvalue weighted by Crippen LogP contribution is -2.43. The van der Waals surface area contributed by atoms with E-state index >= 15 is 0 Å². The van der Waals surface area contributed by atoms with Crippen molar-refractivity contribution >= 4 is 17.5 Å². The molecule has 1 aliphatic rings. The molecule has 0 atom stereocenters. The number of aliphatic hydroxyl groups is 1. The number of ether oxygens (including phenoxy) is 2. The van der Waals surface area contributed by atoms with Gasteiger partial charge in [-0.25, -0.2) is 0 Å². The Morgan fingerprint density at radius 3 is 2.81 bits per heavy atom. The molecule has 21 heavy (non-hydrogen) atoms. The number of nitrogens with two attached hydrogens (primary N) is 1. The molecular formula is C14H19ClN2O4. The highest BCUT2D eigenvalue weighted by Gasteiger charge is 2.26. The smallest absolute Gasteiger partial charge is 0.255 e. The second kappa shape index (κ2) is 6.98. The number of carbonyl (C=O) groups excluding carboxylic acids is 1. The fraction of sp³-hybridized carbons (Fsp3) is 0.500. The van der Waals surface area contributed by atoms with E-state index in [1.54, 1.807) is 12.1 Å². The normalized spacial score (nSPS) is 20.7. The zero-order valence-electron chi connectivity index (χ0n) is 11.8. The highest BCUT2D eigenvalue weighted by Crippen LogP contribution is 2.36. The monoisotopic (exact) mass is 314 g/mol. The summed E-state index contributed by atoms with van der Waals surface area (Å²) in [5.41, 5.74) is 5.98. The molecule has 1 aromatic carbocycles. The summed E-state index contributed by atoms with van der Waals surface area (Å²) in [5, 5.41) is 12.9. The molecule has 0 bridgehead atoms. The molecule has 0 saturated heterocycles. The van der Waals surface area contributed by atoms with Crippen LogP contribution in [0.3, 0.4) is 0 Å². The summed E-state index contributed by atoms with van der Waals surface area (Å²) >= 11 is 6.16. The first kappa shape index (κ1) is 15.9. The van der Waals surface area contributed by atoms with E-state index in [2.05, 4.69) is 5.32 Å². The Hall–Kier alpha value is -1.50. The summed E-state index contributed by atoms with van der Waals surface area (Å²) in [5.74, 6) is 0.178. The minimum atomic E-state index is -0.581. The van der Waals surface area contributed by atoms with Crippen LogP contribution in [0.25, 0.3) is 0 Å². The molecule has 7 heteroatoms. The summed E-state index contributed by atoms with van der Waals surface area (Å²) in [6, 6.07) is 3.88. The molecule has 0 spiro atoms. The Bertz CT molecular complexity index is 518. The average Bonchev–Trinajstić information content (AvgIpc) is 2.40. The van der Waals surface area contributed by atoms with Gasteiger partial charge in [-0.2, -0.15) is 0 Å². The van der Waals surface area contributed by atoms with E-state index in [4.69, 9.17) is 26.8 Å². The summed E-state index contributed by atoms with van der Waals surface area (Å²) in [4.78, 5) is 10.8. The molecule has 0 aliphatic heterocycles. The van der Waals surface area contributed by atoms with E-state index in [9.17, 15) is 9.90 Å². The van der Waals surface area contributed by atoms with Gasteiger partial charge in [-0.3, -0.25) is 4.79 Å². The van der Waals surface area contributed by atoms with E-state index < -0.39 is 5.91 Å². The number of nitrogens with one attached hydrogen (secondary N) is 1. The number of hydrogen-bond donors (Lipinski definition) is 3. The third-order valence-electron chi connectivity index (χ3n) is 3.36. The SMILES string of the molecule is COc1cc(CNC2CC(O)C2)cc(Cl)c1OCC(N)=O. The number of carbonyl (C=O) groups is 1. The fourth-order valence-electron chi connectivity index (χ4n) is 2.18. The van der Waals surface area contributed by atoms with Crippen LogP contribution in [-0.2, 0) is 11.3 Å². The predicted octanol–water partition coefficient (Wildman–Crippen LogP) is 0.826. The lowest BCUT2D eigenvalue weighted by Gasteiger charge is -2.32. The number of aliphatic hydroxyl groups excluding tert-OH is 1. The van der Waals surface area contributed by atoms with Crippen LogP contribution in [0.15, 0.2) is 12.1 Å². The van der Waals surface area contributed by atoms with Crippen LogP contribution in [-0.4, -0.2) is 36.9 Å². The van der Waals surface area contributed by atoms with Crippen LogP contribution in [0.5, 0.6) is 11.5 Å². The van der Waals surface area contributed by atoms with E-state index in [0.29, 0.717) is 29.1 Å². The zero-order chi connectivity index (χ0) is 15.4. The Labute approximate surface area is 128 Å². The summed E-state index contributed by atoms with van der Waals surface area (Å²) in [6.07, 6.45) is 1.35. The Kier molecular flexibility index (Phi) is 5.27. The zero-order valence-corrected chi connectivity index (χ0v) is 12.5. The molecule has 1 fully saturated rings. The van der Waals surface area contributed by atoms with Crippen LogP contribution in [0.4, 0.5) is 0 Å². The van der Waals surface area contributed by atoms with Crippen molar-refractivity contribution in [3.63, 3.8) is 0 Å². The predicted molar refractivity (Wildman–Crippen MR) is 78.6 cm³/mol. The number of halogens is 1. The quantitative estimate of drug-likeness (QED) is 0.693. The van der Waals surface area contributed by atoms with Crippen LogP contribution in [0.2, 0.25) is 5.02 Å². The summed E-state index contributed by atoms with van der Waals surface area (Å²) in [7, 11) is 1.50. The maximum atomic E-state index is 10.8. The number of amides is 1. The van der Waals surface area contributed by atoms with Gasteiger partial charge in [-0.05, 0) is 30.5 Å². The van der Waals surface area contributed by atoms with E-state index in [-0.39, 0.29) is 12.7 Å². The third-order valence-corrected chi connectivity index (χ3v) is 3.64. The van der Waals surface area contributed by atoms with Crippen molar-refractivity contribution in [2.45, 2.75) is 31.5 Å². The summed E-state index contributed by atoms with van der Waals surface area (Å²) in [6.45, 7) is 0.358. The second-order valence-corrected chi connectivity index (χ2v) is 5.47. The Morgan fingerprint density at radius 1 is 1.52 bits per heavy atom. The van der Waals surface area contributed by atoms with Crippen molar-refractivity contribution in [1.29, 1.82) is 0 Å². The molecular weight excluding hydrogens is 296 g/mol. The molecule has 116 valence electrons. The lowest BCUT2D eigenvalue weighted by atomic mass is 9.89. The highest BCUT2D eigenvalue weighted by molar-refractivity contribution is 6.32. The molecule has 1 amide bonds. The Balaban J connectivity index is 2.02. The van der Waals surface area contributed by atoms with Gasteiger partial charge in [0, 0.05) is 12.6 Å². The molecule has 1 saturated carbocycles. The van der Waals surface area contributed by atoms with Gasteiger partial charge in [-0.15, -0.1) is 0 Å². The first-order valence-electron chi connectivity index (χ1n) is 6.68. The van der Waals surface area contributed by atoms with Crippen molar-refractivity contribution in [2.75, 3.05) is 13.7 Å². The van der Waals surface area contributed by atoms with Crippen molar-refractivity contribution in [3.05, 3.63) is 22.7 Å². The van der Waals surface area contributed by atoms with Gasteiger partial charge in [0.15, 0.2) is 18.1 Å². The fourth-order valence-corrected chi connectivity index (χ4v) is 2.46. The van der Waals surface area contributed by atoms with E-state index in [1.807, 2.05) is 0 Å². The van der Waals surface area contributed by atoms with Gasteiger partial charge in [0.05, 0.1) is 18.2 Å². The Morgan fingerprint density at radius 2 is 2.24 bits per heavy atom. The van der Waals surface area contributed by atoms with Crippen molar-refractivity contribution in [1.82, 2.24) is 5.32 Å². The van der Waals surface area contributed by atoms with Gasteiger partial charge < -0.3 is 25.6 Å². The topological polar surface area (TPSA) is 93.8 Å². The molecule has 4 N–H and O–H groups in total. The van der Waals surface area contributed by atoms with Gasteiger partial charge in [-0.1, -0.05) is 11.6 Å². The second-order valence-electron chi connectivity index (χ2n) is 5.07. The molecule has 0 radical (unpaired) electrons. The van der Waals surface area contributed by atoms with Gasteiger partial charge in [0.25, 0.3) is 5.91 Å². The number of rotatable bonds is 7. The van der Waals surface area contributed by atoms with Gasteiger partial charge in [0.2, 0.25) is 0 Å². The minimum absolute atomic E-state index is 0.190. The average molecular weight is 315 g/mol. The van der Waals surface area contributed by atoms with Crippen LogP contribution in [0, 0.1) is 0 Å². The van der Waals surface area contributed by atoms with Crippen LogP contribution >= 0.6 is 11.6 Å². The van der Waals surface area contributed by atoms with E-state index in [1.165, 1.54) is 7.11 Å². The number of benzene rings is 1. The van der Waals surface area contributed by atoms with Crippen LogP contribution in [0.1, 0.15) is 18.4 Å². The standard InChI is InChI=1S/C14H19ClN2O4/c1-20-12-3-8(6-17-9-4-10(18)5-9)2-11(15)14(12)21-7-13(16)19/h2-3,9-10,17-18H,4-7H2,1H3,(H2,16,19). The molecule has 2 rings (SSSR count). The van der Waals surface area contributed by atoms with Crippen molar-refractivity contribution in [3.8, 4) is 11.5 Å². The van der Waals surface area contributed by atoms with E-state index in [0.717, 1.165) is 18.4 Å². The molecule has 0 aromatic heterocycles. The van der Waals surface area contributed by atoms with Gasteiger partial charge in [0.1, 0.15) is 0 Å². The van der Waals surface area contributed by atoms with Gasteiger partial charge >= 0.3 is 0 Å². The molecule has 1 aliphatic carbocycles. The minimum Gasteiger partial charge on any atom is -0.493 e. The largest absolute Gasteiger partial charge is 0.493 e. The van der Waals surface area contributed by atoms with Crippen LogP contribution < -0.4 is 20.5 Å². The third kappa shape index (κ3) is 4.23. The molecule has 1 aromatic rings. The highest BCUT2D eigenvalue weighted by atomic mass is 35.5. The van der Waals surface area contributed by atoms with Crippen molar-refractivity contribution < 1.29 is 19.4 Å². The first-order valence-corrected chi connectivity index (χ1v) is 7.06. The number of hydrogen-bond acceptors (Lipinski definition) is 5. The first-order chi connectivity index (χ1) is 9.99. The maximum Gasteiger partial charge on any atom is 0.255 e. The number of primary amides is 1. The number of methoxy groups -OCH3 is 1. The molecule has 0 unspecified atom stereocenters. The lowest BCUT2D eigenvalue weighted by molar-refractivity contribution is -0.119. The van der Waals surface area contributed by atoms with Crippen molar-refractivity contribution in [2.24, 2.45) is 5.73 Å². The molecule has 0 heterocycles. The molecule has 6 nitrogen and oxygen atoms in total. The maximum absolute atomic E-state index is 10.8. The summed E-state index contributed by atoms with van der Waals surface area (Å²) < 4.78 is 10.5.